The Labute approximate surface area is 216 Å². The van der Waals surface area contributed by atoms with Crippen molar-refractivity contribution in [1.29, 1.82) is 0 Å². The Balaban J connectivity index is 1.53. The molecule has 4 heterocycles. The van der Waals surface area contributed by atoms with Crippen LogP contribution in [0.2, 0.25) is 0 Å². The largest absolute Gasteiger partial charge is 0.405 e. The van der Waals surface area contributed by atoms with Crippen molar-refractivity contribution in [2.45, 2.75) is 33.0 Å². The van der Waals surface area contributed by atoms with E-state index in [0.717, 1.165) is 16.7 Å². The molecule has 0 radical (unpaired) electrons. The molecule has 0 aliphatic carbocycles. The van der Waals surface area contributed by atoms with Gasteiger partial charge in [-0.05, 0) is 30.0 Å². The molecule has 0 saturated heterocycles. The summed E-state index contributed by atoms with van der Waals surface area (Å²) in [5, 5.41) is 9.64. The molecule has 4 aromatic rings. The lowest BCUT2D eigenvalue weighted by atomic mass is 9.88. The van der Waals surface area contributed by atoms with Crippen LogP contribution in [0.15, 0.2) is 49.3 Å². The molecule has 0 spiro atoms. The summed E-state index contributed by atoms with van der Waals surface area (Å²) in [7, 11) is 1.80. The number of aryl methyl sites for hydroxylation is 1. The highest BCUT2D eigenvalue weighted by Gasteiger charge is 2.30. The fraction of sp³-hybridized carbons (Fsp3) is 0.346. The summed E-state index contributed by atoms with van der Waals surface area (Å²) in [6, 6.07) is 3.58. The van der Waals surface area contributed by atoms with Crippen LogP contribution in [0.5, 0.6) is 0 Å². The molecule has 2 amide bonds. The Hall–Kier alpha value is -4.22. The minimum Gasteiger partial charge on any atom is -0.348 e. The van der Waals surface area contributed by atoms with Gasteiger partial charge in [0.25, 0.3) is 5.91 Å². The number of alkyl halides is 3. The van der Waals surface area contributed by atoms with E-state index in [-0.39, 0.29) is 18.2 Å². The summed E-state index contributed by atoms with van der Waals surface area (Å²) < 4.78 is 39.4. The monoisotopic (exact) mass is 527 g/mol. The van der Waals surface area contributed by atoms with Gasteiger partial charge in [0.05, 0.1) is 11.8 Å². The van der Waals surface area contributed by atoms with Crippen LogP contribution in [0.3, 0.4) is 0 Å². The molecule has 12 heteroatoms. The summed E-state index contributed by atoms with van der Waals surface area (Å²) in [6.07, 6.45) is 5.73. The van der Waals surface area contributed by atoms with Crippen LogP contribution in [-0.4, -0.2) is 49.3 Å². The quantitative estimate of drug-likeness (QED) is 0.306. The highest BCUT2D eigenvalue weighted by atomic mass is 19.4. The summed E-state index contributed by atoms with van der Waals surface area (Å²) in [6.45, 7) is 2.54. The summed E-state index contributed by atoms with van der Waals surface area (Å²) in [4.78, 5) is 37.0. The first-order valence-corrected chi connectivity index (χ1v) is 12.0. The van der Waals surface area contributed by atoms with Crippen LogP contribution in [0.25, 0.3) is 22.2 Å². The Morgan fingerprint density at radius 1 is 1.08 bits per heavy atom. The molecule has 0 unspecified atom stereocenters. The Morgan fingerprint density at radius 3 is 2.55 bits per heavy atom. The molecule has 0 fully saturated rings. The second kappa shape index (κ2) is 11.0. The maximum absolute atomic E-state index is 12.7. The second-order valence-corrected chi connectivity index (χ2v) is 9.50. The molecule has 1 atom stereocenters. The first-order chi connectivity index (χ1) is 18.0. The number of hydrogen-bond acceptors (Lipinski definition) is 5. The number of carbonyl (C=O) groups excluding carboxylic acids is 2. The SMILES string of the molecule is CC(C)[C@@H](Cc1cncc(-c2c[nH]c3ncc(C(=O)NCc4cnn(C)c4)cc23)c1)C(=O)NCC(F)(F)F. The lowest BCUT2D eigenvalue weighted by molar-refractivity contribution is -0.141. The van der Waals surface area contributed by atoms with Crippen molar-refractivity contribution in [3.05, 3.63) is 66.0 Å². The number of pyridine rings is 2. The van der Waals surface area contributed by atoms with Crippen LogP contribution < -0.4 is 10.6 Å². The first kappa shape index (κ1) is 26.8. The van der Waals surface area contributed by atoms with Crippen LogP contribution in [-0.2, 0) is 24.8 Å². The Kier molecular flexibility index (Phi) is 7.79. The lowest BCUT2D eigenvalue weighted by Crippen LogP contribution is -2.40. The van der Waals surface area contributed by atoms with Crippen molar-refractivity contribution < 1.29 is 22.8 Å². The van der Waals surface area contributed by atoms with Gasteiger partial charge < -0.3 is 15.6 Å². The molecule has 200 valence electrons. The molecule has 38 heavy (non-hydrogen) atoms. The molecule has 9 nitrogen and oxygen atoms in total. The van der Waals surface area contributed by atoms with Gasteiger partial charge in [0.1, 0.15) is 12.2 Å². The van der Waals surface area contributed by atoms with Crippen molar-refractivity contribution in [2.24, 2.45) is 18.9 Å². The topological polar surface area (TPSA) is 118 Å². The minimum absolute atomic E-state index is 0.183. The van der Waals surface area contributed by atoms with Gasteiger partial charge in [0.2, 0.25) is 5.91 Å². The molecule has 4 rings (SSSR count). The standard InChI is InChI=1S/C26H28F3N7O2/c1-15(2)20(25(38)34-14-26(27,28)29)5-16-4-18(10-30-7-16)22-12-32-23-21(22)6-19(11-31-23)24(37)33-8-17-9-35-36(3)13-17/h4,6-7,9-13,15,20H,5,8,14H2,1-3H3,(H,31,32)(H,33,37)(H,34,38)/t20-/m1/s1. The van der Waals surface area contributed by atoms with Gasteiger partial charge in [0, 0.05) is 72.6 Å². The zero-order valence-electron chi connectivity index (χ0n) is 21.1. The fourth-order valence-electron chi connectivity index (χ4n) is 4.16. The summed E-state index contributed by atoms with van der Waals surface area (Å²) in [5.74, 6) is -1.78. The zero-order valence-corrected chi connectivity index (χ0v) is 21.1. The third-order valence-electron chi connectivity index (χ3n) is 6.17. The molecule has 0 saturated carbocycles. The molecule has 3 N–H and O–H groups in total. The van der Waals surface area contributed by atoms with Gasteiger partial charge in [-0.3, -0.25) is 19.3 Å². The molecular weight excluding hydrogens is 499 g/mol. The van der Waals surface area contributed by atoms with Gasteiger partial charge in [0.15, 0.2) is 0 Å². The van der Waals surface area contributed by atoms with Crippen LogP contribution in [0.4, 0.5) is 13.2 Å². The molecule has 4 aromatic heterocycles. The van der Waals surface area contributed by atoms with E-state index in [1.807, 2.05) is 17.6 Å². The average molecular weight is 528 g/mol. The predicted molar refractivity (Wildman–Crippen MR) is 135 cm³/mol. The highest BCUT2D eigenvalue weighted by molar-refractivity contribution is 6.01. The smallest absolute Gasteiger partial charge is 0.348 e. The average Bonchev–Trinajstić information content (AvgIpc) is 3.49. The second-order valence-electron chi connectivity index (χ2n) is 9.50. The van der Waals surface area contributed by atoms with Crippen LogP contribution in [0.1, 0.15) is 35.3 Å². The summed E-state index contributed by atoms with van der Waals surface area (Å²) in [5.41, 5.74) is 4.02. The highest BCUT2D eigenvalue weighted by Crippen LogP contribution is 2.29. The Morgan fingerprint density at radius 2 is 1.87 bits per heavy atom. The van der Waals surface area contributed by atoms with Gasteiger partial charge in [-0.2, -0.15) is 18.3 Å². The predicted octanol–water partition coefficient (Wildman–Crippen LogP) is 3.78. The molecule has 0 aliphatic heterocycles. The van der Waals surface area contributed by atoms with E-state index in [1.54, 1.807) is 56.4 Å². The van der Waals surface area contributed by atoms with Gasteiger partial charge in [-0.1, -0.05) is 13.8 Å². The van der Waals surface area contributed by atoms with E-state index in [0.29, 0.717) is 28.7 Å². The molecule has 0 bridgehead atoms. The van der Waals surface area contributed by atoms with E-state index < -0.39 is 24.5 Å². The number of fused-ring (bicyclic) bond motifs is 1. The maximum atomic E-state index is 12.7. The van der Waals surface area contributed by atoms with E-state index in [4.69, 9.17) is 0 Å². The van der Waals surface area contributed by atoms with E-state index in [1.165, 1.54) is 6.20 Å². The normalized spacial score (nSPS) is 12.6. The maximum Gasteiger partial charge on any atom is 0.405 e. The number of halogens is 3. The van der Waals surface area contributed by atoms with E-state index >= 15 is 0 Å². The number of aromatic amines is 1. The zero-order chi connectivity index (χ0) is 27.4. The number of H-pyrrole nitrogens is 1. The first-order valence-electron chi connectivity index (χ1n) is 12.0. The fourth-order valence-corrected chi connectivity index (χ4v) is 4.16. The van der Waals surface area contributed by atoms with Crippen LogP contribution >= 0.6 is 0 Å². The van der Waals surface area contributed by atoms with E-state index in [9.17, 15) is 22.8 Å². The van der Waals surface area contributed by atoms with Gasteiger partial charge >= 0.3 is 6.18 Å². The minimum atomic E-state index is -4.48. The number of amides is 2. The van der Waals surface area contributed by atoms with E-state index in [2.05, 4.69) is 25.4 Å². The van der Waals surface area contributed by atoms with Crippen molar-refractivity contribution in [3.63, 3.8) is 0 Å². The number of carbonyl (C=O) groups is 2. The van der Waals surface area contributed by atoms with Crippen molar-refractivity contribution >= 4 is 22.8 Å². The number of rotatable bonds is 9. The number of nitrogens with one attached hydrogen (secondary N) is 3. The van der Waals surface area contributed by atoms with Crippen LogP contribution in [0, 0.1) is 11.8 Å². The van der Waals surface area contributed by atoms with Gasteiger partial charge in [-0.15, -0.1) is 0 Å². The lowest BCUT2D eigenvalue weighted by Gasteiger charge is -2.21. The third-order valence-corrected chi connectivity index (χ3v) is 6.17. The van der Waals surface area contributed by atoms with Crippen molar-refractivity contribution in [1.82, 2.24) is 35.4 Å². The third kappa shape index (κ3) is 6.55. The molecule has 0 aliphatic rings. The molecular formula is C26H28F3N7O2. The van der Waals surface area contributed by atoms with Crippen molar-refractivity contribution in [2.75, 3.05) is 6.54 Å². The number of aromatic nitrogens is 5. The Bertz CT molecular complexity index is 1440. The number of nitrogens with zero attached hydrogens (tertiary/aromatic N) is 4. The summed E-state index contributed by atoms with van der Waals surface area (Å²) >= 11 is 0. The van der Waals surface area contributed by atoms with Crippen molar-refractivity contribution in [3.8, 4) is 11.1 Å². The number of hydrogen-bond donors (Lipinski definition) is 3. The molecule has 0 aromatic carbocycles. The van der Waals surface area contributed by atoms with Gasteiger partial charge in [-0.25, -0.2) is 4.98 Å².